The van der Waals surface area contributed by atoms with Crippen molar-refractivity contribution in [3.63, 3.8) is 0 Å². The van der Waals surface area contributed by atoms with Crippen LogP contribution in [0.3, 0.4) is 0 Å². The molecule has 110 valence electrons. The van der Waals surface area contributed by atoms with E-state index in [-0.39, 0.29) is 5.91 Å². The molecule has 0 aliphatic rings. The monoisotopic (exact) mass is 286 g/mol. The minimum Gasteiger partial charge on any atom is -0.478 e. The molecule has 1 aromatic carbocycles. The third-order valence-corrected chi connectivity index (χ3v) is 2.58. The van der Waals surface area contributed by atoms with Crippen molar-refractivity contribution in [1.82, 2.24) is 9.97 Å². The molecule has 0 bridgehead atoms. The predicted octanol–water partition coefficient (Wildman–Crippen LogP) is 2.89. The van der Waals surface area contributed by atoms with E-state index in [4.69, 9.17) is 4.74 Å². The molecule has 1 amide bonds. The van der Waals surface area contributed by atoms with Crippen molar-refractivity contribution >= 4 is 23.1 Å². The Kier molecular flexibility index (Phi) is 4.71. The van der Waals surface area contributed by atoms with Gasteiger partial charge < -0.3 is 15.4 Å². The molecule has 21 heavy (non-hydrogen) atoms. The molecule has 0 radical (unpaired) electrons. The highest BCUT2D eigenvalue weighted by molar-refractivity contribution is 5.88. The number of benzene rings is 1. The zero-order valence-corrected chi connectivity index (χ0v) is 12.3. The van der Waals surface area contributed by atoms with Gasteiger partial charge in [-0.15, -0.1) is 0 Å². The van der Waals surface area contributed by atoms with Gasteiger partial charge in [0.1, 0.15) is 11.6 Å². The van der Waals surface area contributed by atoms with Crippen LogP contribution in [0, 0.1) is 6.92 Å². The molecule has 2 aromatic rings. The number of amides is 1. The summed E-state index contributed by atoms with van der Waals surface area (Å²) in [5.74, 6) is 1.75. The minimum atomic E-state index is -0.0940. The Bertz CT molecular complexity index is 626. The fourth-order valence-electron chi connectivity index (χ4n) is 1.81. The number of ether oxygens (including phenoxy) is 1. The molecule has 1 aromatic heterocycles. The van der Waals surface area contributed by atoms with E-state index < -0.39 is 0 Å². The highest BCUT2D eigenvalue weighted by Gasteiger charge is 2.03. The number of hydrogen-bond acceptors (Lipinski definition) is 5. The van der Waals surface area contributed by atoms with E-state index in [1.54, 1.807) is 6.07 Å². The van der Waals surface area contributed by atoms with Gasteiger partial charge in [0.2, 0.25) is 11.8 Å². The third-order valence-electron chi connectivity index (χ3n) is 2.58. The summed E-state index contributed by atoms with van der Waals surface area (Å²) in [6.07, 6.45) is 0. The topological polar surface area (TPSA) is 76.1 Å². The van der Waals surface area contributed by atoms with Crippen molar-refractivity contribution < 1.29 is 9.53 Å². The van der Waals surface area contributed by atoms with Gasteiger partial charge in [0, 0.05) is 24.4 Å². The molecule has 0 atom stereocenters. The van der Waals surface area contributed by atoms with Gasteiger partial charge in [-0.25, -0.2) is 4.98 Å². The lowest BCUT2D eigenvalue weighted by molar-refractivity contribution is -0.114. The van der Waals surface area contributed by atoms with Crippen molar-refractivity contribution in [2.75, 3.05) is 17.2 Å². The Morgan fingerprint density at radius 1 is 1.19 bits per heavy atom. The normalized spacial score (nSPS) is 10.0. The van der Waals surface area contributed by atoms with Gasteiger partial charge in [-0.2, -0.15) is 4.98 Å². The number of nitrogens with one attached hydrogen (secondary N) is 2. The summed E-state index contributed by atoms with van der Waals surface area (Å²) < 4.78 is 5.39. The molecule has 0 aliphatic carbocycles. The minimum absolute atomic E-state index is 0.0940. The molecular formula is C15H18N4O2. The summed E-state index contributed by atoms with van der Waals surface area (Å²) >= 11 is 0. The average Bonchev–Trinajstić information content (AvgIpc) is 2.40. The Labute approximate surface area is 123 Å². The molecule has 1 heterocycles. The van der Waals surface area contributed by atoms with Gasteiger partial charge in [0.15, 0.2) is 0 Å². The predicted molar refractivity (Wildman–Crippen MR) is 82.0 cm³/mol. The maximum Gasteiger partial charge on any atom is 0.221 e. The number of nitrogens with zero attached hydrogens (tertiary/aromatic N) is 2. The first-order valence-corrected chi connectivity index (χ1v) is 6.70. The second kappa shape index (κ2) is 6.69. The quantitative estimate of drug-likeness (QED) is 0.884. The maximum atomic E-state index is 11.0. The van der Waals surface area contributed by atoms with Crippen LogP contribution in [-0.2, 0) is 4.79 Å². The van der Waals surface area contributed by atoms with Crippen molar-refractivity contribution in [3.8, 4) is 5.88 Å². The molecule has 6 nitrogen and oxygen atoms in total. The highest BCUT2D eigenvalue weighted by atomic mass is 16.5. The van der Waals surface area contributed by atoms with Crippen LogP contribution in [0.15, 0.2) is 30.3 Å². The summed E-state index contributed by atoms with van der Waals surface area (Å²) in [5, 5.41) is 5.90. The summed E-state index contributed by atoms with van der Waals surface area (Å²) in [5.41, 5.74) is 1.62. The molecule has 0 unspecified atom stereocenters. The second-order valence-corrected chi connectivity index (χ2v) is 4.46. The van der Waals surface area contributed by atoms with Crippen LogP contribution >= 0.6 is 0 Å². The lowest BCUT2D eigenvalue weighted by Gasteiger charge is -2.09. The first-order valence-electron chi connectivity index (χ1n) is 6.70. The lowest BCUT2D eigenvalue weighted by Crippen LogP contribution is -2.05. The molecule has 0 aliphatic heterocycles. The van der Waals surface area contributed by atoms with Crippen LogP contribution in [0.4, 0.5) is 17.2 Å². The van der Waals surface area contributed by atoms with Crippen LogP contribution < -0.4 is 15.4 Å². The van der Waals surface area contributed by atoms with Crippen molar-refractivity contribution in [2.24, 2.45) is 0 Å². The van der Waals surface area contributed by atoms with Crippen molar-refractivity contribution in [1.29, 1.82) is 0 Å². The number of rotatable bonds is 5. The summed E-state index contributed by atoms with van der Waals surface area (Å²) in [6.45, 7) is 5.76. The van der Waals surface area contributed by atoms with Crippen LogP contribution in [0.1, 0.15) is 19.7 Å². The Morgan fingerprint density at radius 2 is 1.86 bits per heavy atom. The second-order valence-electron chi connectivity index (χ2n) is 4.46. The van der Waals surface area contributed by atoms with Crippen LogP contribution in [0.5, 0.6) is 5.88 Å². The molecule has 2 N–H and O–H groups in total. The van der Waals surface area contributed by atoms with E-state index in [2.05, 4.69) is 20.6 Å². The number of carbonyl (C=O) groups excluding carboxylic acids is 1. The molecule has 0 spiro atoms. The Hall–Kier alpha value is -2.63. The van der Waals surface area contributed by atoms with Gasteiger partial charge in [-0.05, 0) is 38.1 Å². The summed E-state index contributed by atoms with van der Waals surface area (Å²) in [6, 6.07) is 9.12. The molecule has 6 heteroatoms. The Balaban J connectivity index is 2.12. The van der Waals surface area contributed by atoms with E-state index in [1.807, 2.05) is 38.1 Å². The van der Waals surface area contributed by atoms with E-state index in [0.717, 1.165) is 11.4 Å². The third kappa shape index (κ3) is 4.45. The first-order chi connectivity index (χ1) is 10.1. The lowest BCUT2D eigenvalue weighted by atomic mass is 10.2. The zero-order chi connectivity index (χ0) is 15.2. The highest BCUT2D eigenvalue weighted by Crippen LogP contribution is 2.20. The zero-order valence-electron chi connectivity index (χ0n) is 12.3. The molecule has 0 saturated heterocycles. The number of anilines is 3. The Morgan fingerprint density at radius 3 is 2.48 bits per heavy atom. The maximum absolute atomic E-state index is 11.0. The van der Waals surface area contributed by atoms with E-state index in [9.17, 15) is 4.79 Å². The SMILES string of the molecule is CCOc1cc(Nc2ccc(NC(C)=O)cc2)nc(C)n1. The fourth-order valence-corrected chi connectivity index (χ4v) is 1.81. The van der Waals surface area contributed by atoms with Crippen LogP contribution in [0.2, 0.25) is 0 Å². The van der Waals surface area contributed by atoms with Crippen LogP contribution in [-0.4, -0.2) is 22.5 Å². The summed E-state index contributed by atoms with van der Waals surface area (Å²) in [4.78, 5) is 19.5. The molecule has 2 rings (SSSR count). The van der Waals surface area contributed by atoms with Gasteiger partial charge in [-0.3, -0.25) is 4.79 Å². The number of carbonyl (C=O) groups is 1. The largest absolute Gasteiger partial charge is 0.478 e. The fraction of sp³-hybridized carbons (Fsp3) is 0.267. The smallest absolute Gasteiger partial charge is 0.221 e. The van der Waals surface area contributed by atoms with Gasteiger partial charge in [0.25, 0.3) is 0 Å². The van der Waals surface area contributed by atoms with Gasteiger partial charge in [-0.1, -0.05) is 0 Å². The number of hydrogen-bond donors (Lipinski definition) is 2. The van der Waals surface area contributed by atoms with Gasteiger partial charge in [0.05, 0.1) is 6.61 Å². The van der Waals surface area contributed by atoms with Crippen molar-refractivity contribution in [3.05, 3.63) is 36.2 Å². The number of aryl methyl sites for hydroxylation is 1. The van der Waals surface area contributed by atoms with E-state index >= 15 is 0 Å². The van der Waals surface area contributed by atoms with Crippen molar-refractivity contribution in [2.45, 2.75) is 20.8 Å². The van der Waals surface area contributed by atoms with E-state index in [0.29, 0.717) is 24.1 Å². The molecule has 0 saturated carbocycles. The molecular weight excluding hydrogens is 268 g/mol. The summed E-state index contributed by atoms with van der Waals surface area (Å²) in [7, 11) is 0. The standard InChI is InChI=1S/C15H18N4O2/c1-4-21-15-9-14(16-10(2)17-15)19-13-7-5-12(6-8-13)18-11(3)20/h5-9H,4H2,1-3H3,(H,18,20)(H,16,17,19). The number of aromatic nitrogens is 2. The van der Waals surface area contributed by atoms with Gasteiger partial charge >= 0.3 is 0 Å². The average molecular weight is 286 g/mol. The van der Waals surface area contributed by atoms with E-state index in [1.165, 1.54) is 6.92 Å². The first kappa shape index (κ1) is 14.8. The molecule has 0 fully saturated rings. The van der Waals surface area contributed by atoms with Crippen LogP contribution in [0.25, 0.3) is 0 Å².